The van der Waals surface area contributed by atoms with Gasteiger partial charge in [-0.05, 0) is 31.2 Å². The maximum atomic E-state index is 13.9. The van der Waals surface area contributed by atoms with Gasteiger partial charge in [0, 0.05) is 6.61 Å². The first-order valence-electron chi connectivity index (χ1n) is 9.67. The lowest BCUT2D eigenvalue weighted by atomic mass is 9.96. The molecule has 0 bridgehead atoms. The summed E-state index contributed by atoms with van der Waals surface area (Å²) in [6.07, 6.45) is -13.9. The SMILES string of the molecule is CCOC1CC(Oc2ccccc2)(Oc2ccccc2)OC(C(F)(F)F)=C1C(=O)C(F)(F)F. The van der Waals surface area contributed by atoms with Crippen molar-refractivity contribution in [3.63, 3.8) is 0 Å². The van der Waals surface area contributed by atoms with E-state index >= 15 is 0 Å². The molecular formula is C22H18F6O5. The van der Waals surface area contributed by atoms with Crippen LogP contribution in [0.15, 0.2) is 72.0 Å². The number of halogens is 6. The van der Waals surface area contributed by atoms with E-state index in [1.807, 2.05) is 0 Å². The number of para-hydroxylation sites is 2. The number of hydrogen-bond acceptors (Lipinski definition) is 5. The Balaban J connectivity index is 2.17. The predicted molar refractivity (Wildman–Crippen MR) is 102 cm³/mol. The van der Waals surface area contributed by atoms with Gasteiger partial charge in [0.15, 0.2) is 0 Å². The molecule has 1 heterocycles. The highest BCUT2D eigenvalue weighted by Gasteiger charge is 2.59. The van der Waals surface area contributed by atoms with Crippen LogP contribution in [-0.4, -0.2) is 36.8 Å². The zero-order valence-electron chi connectivity index (χ0n) is 17.1. The molecule has 11 heteroatoms. The molecular weight excluding hydrogens is 458 g/mol. The Morgan fingerprint density at radius 1 is 0.939 bits per heavy atom. The summed E-state index contributed by atoms with van der Waals surface area (Å²) in [7, 11) is 0. The second-order valence-electron chi connectivity index (χ2n) is 6.83. The van der Waals surface area contributed by atoms with Crippen molar-refractivity contribution in [1.29, 1.82) is 0 Å². The Labute approximate surface area is 184 Å². The molecule has 178 valence electrons. The highest BCUT2D eigenvalue weighted by Crippen LogP contribution is 2.45. The van der Waals surface area contributed by atoms with Gasteiger partial charge in [0.1, 0.15) is 17.6 Å². The summed E-state index contributed by atoms with van der Waals surface area (Å²) in [5, 5.41) is 0. The fourth-order valence-corrected chi connectivity index (χ4v) is 3.17. The number of ether oxygens (including phenoxy) is 4. The first-order valence-corrected chi connectivity index (χ1v) is 9.67. The maximum Gasteiger partial charge on any atom is 0.454 e. The largest absolute Gasteiger partial charge is 0.454 e. The third-order valence-electron chi connectivity index (χ3n) is 4.42. The Kier molecular flexibility index (Phi) is 6.92. The van der Waals surface area contributed by atoms with Crippen LogP contribution in [0.2, 0.25) is 0 Å². The van der Waals surface area contributed by atoms with Crippen LogP contribution in [0.4, 0.5) is 26.3 Å². The lowest BCUT2D eigenvalue weighted by Gasteiger charge is -2.41. The van der Waals surface area contributed by atoms with Crippen LogP contribution >= 0.6 is 0 Å². The van der Waals surface area contributed by atoms with E-state index in [1.54, 1.807) is 12.1 Å². The van der Waals surface area contributed by atoms with Gasteiger partial charge in [-0.15, -0.1) is 0 Å². The van der Waals surface area contributed by atoms with E-state index in [2.05, 4.69) is 0 Å². The smallest absolute Gasteiger partial charge is 0.421 e. The molecule has 0 saturated carbocycles. The van der Waals surface area contributed by atoms with E-state index in [-0.39, 0.29) is 18.1 Å². The summed E-state index contributed by atoms with van der Waals surface area (Å²) in [6, 6.07) is 14.9. The van der Waals surface area contributed by atoms with Crippen LogP contribution in [0.5, 0.6) is 11.5 Å². The molecule has 0 fully saturated rings. The van der Waals surface area contributed by atoms with Crippen molar-refractivity contribution >= 4 is 5.78 Å². The molecule has 0 aromatic heterocycles. The van der Waals surface area contributed by atoms with Gasteiger partial charge >= 0.3 is 18.3 Å². The minimum absolute atomic E-state index is 0.0100. The summed E-state index contributed by atoms with van der Waals surface area (Å²) in [5.74, 6) is -7.49. The zero-order valence-corrected chi connectivity index (χ0v) is 17.1. The average molecular weight is 476 g/mol. The Morgan fingerprint density at radius 3 is 1.82 bits per heavy atom. The standard InChI is InChI=1S/C22H18F6O5/c1-2-30-16-13-20(31-14-9-5-3-6-10-14,32-15-11-7-4-8-12-15)33-19(22(26,27)28)17(16)18(29)21(23,24)25/h3-12,16H,2,13H2,1H3. The minimum Gasteiger partial charge on any atom is -0.421 e. The monoisotopic (exact) mass is 476 g/mol. The maximum absolute atomic E-state index is 13.9. The van der Waals surface area contributed by atoms with Crippen molar-refractivity contribution in [3.8, 4) is 11.5 Å². The van der Waals surface area contributed by atoms with Crippen molar-refractivity contribution in [3.05, 3.63) is 72.0 Å². The van der Waals surface area contributed by atoms with Gasteiger partial charge < -0.3 is 18.9 Å². The van der Waals surface area contributed by atoms with Gasteiger partial charge in [-0.25, -0.2) is 0 Å². The van der Waals surface area contributed by atoms with Gasteiger partial charge in [0.25, 0.3) is 5.78 Å². The summed E-state index contributed by atoms with van der Waals surface area (Å²) >= 11 is 0. The van der Waals surface area contributed by atoms with Crippen molar-refractivity contribution < 1.29 is 50.1 Å². The third kappa shape index (κ3) is 5.78. The number of rotatable bonds is 7. The molecule has 33 heavy (non-hydrogen) atoms. The summed E-state index contributed by atoms with van der Waals surface area (Å²) in [4.78, 5) is 12.0. The normalized spacial score (nSPS) is 18.5. The van der Waals surface area contributed by atoms with E-state index in [0.29, 0.717) is 0 Å². The highest BCUT2D eigenvalue weighted by molar-refractivity contribution is 6.01. The van der Waals surface area contributed by atoms with E-state index in [4.69, 9.17) is 18.9 Å². The Bertz CT molecular complexity index is 944. The summed E-state index contributed by atoms with van der Waals surface area (Å²) in [5.41, 5.74) is -1.69. The van der Waals surface area contributed by atoms with E-state index in [1.165, 1.54) is 55.5 Å². The Morgan fingerprint density at radius 2 is 1.42 bits per heavy atom. The van der Waals surface area contributed by atoms with Crippen LogP contribution in [0.25, 0.3) is 0 Å². The van der Waals surface area contributed by atoms with Crippen molar-refractivity contribution in [2.75, 3.05) is 6.61 Å². The minimum atomic E-state index is -5.59. The number of Topliss-reactive ketones (excluding diaryl/α,β-unsaturated/α-hetero) is 1. The van der Waals surface area contributed by atoms with Crippen LogP contribution in [-0.2, 0) is 14.3 Å². The molecule has 1 aliphatic rings. The molecule has 0 spiro atoms. The molecule has 1 atom stereocenters. The molecule has 0 saturated heterocycles. The molecule has 0 amide bonds. The number of benzene rings is 2. The highest BCUT2D eigenvalue weighted by atomic mass is 19.4. The van der Waals surface area contributed by atoms with Crippen molar-refractivity contribution in [1.82, 2.24) is 0 Å². The van der Waals surface area contributed by atoms with Crippen molar-refractivity contribution in [2.45, 2.75) is 37.8 Å². The van der Waals surface area contributed by atoms with Crippen LogP contribution in [0, 0.1) is 0 Å². The number of hydrogen-bond donors (Lipinski definition) is 0. The third-order valence-corrected chi connectivity index (χ3v) is 4.42. The van der Waals surface area contributed by atoms with Gasteiger partial charge in [-0.3, -0.25) is 4.79 Å². The second kappa shape index (κ2) is 9.34. The van der Waals surface area contributed by atoms with E-state index in [0.717, 1.165) is 0 Å². The van der Waals surface area contributed by atoms with Gasteiger partial charge in [-0.1, -0.05) is 36.4 Å². The number of ketones is 1. The molecule has 0 N–H and O–H groups in total. The summed E-state index contributed by atoms with van der Waals surface area (Å²) in [6.45, 7) is 1.06. The fourth-order valence-electron chi connectivity index (χ4n) is 3.17. The van der Waals surface area contributed by atoms with Crippen molar-refractivity contribution in [2.24, 2.45) is 0 Å². The number of carbonyl (C=O) groups is 1. The lowest BCUT2D eigenvalue weighted by molar-refractivity contribution is -0.324. The first kappa shape index (κ1) is 24.4. The zero-order chi connectivity index (χ0) is 24.3. The van der Waals surface area contributed by atoms with Gasteiger partial charge in [0.05, 0.1) is 12.0 Å². The first-order chi connectivity index (χ1) is 15.5. The molecule has 2 aromatic rings. The van der Waals surface area contributed by atoms with Gasteiger partial charge in [0.2, 0.25) is 5.76 Å². The van der Waals surface area contributed by atoms with Crippen LogP contribution in [0.1, 0.15) is 13.3 Å². The van der Waals surface area contributed by atoms with E-state index < -0.39 is 48.0 Å². The molecule has 1 aliphatic heterocycles. The second-order valence-corrected chi connectivity index (χ2v) is 6.83. The number of alkyl halides is 6. The molecule has 5 nitrogen and oxygen atoms in total. The molecule has 0 radical (unpaired) electrons. The van der Waals surface area contributed by atoms with Gasteiger partial charge in [-0.2, -0.15) is 26.3 Å². The summed E-state index contributed by atoms with van der Waals surface area (Å²) < 4.78 is 103. The number of allylic oxidation sites excluding steroid dienone is 1. The van der Waals surface area contributed by atoms with E-state index in [9.17, 15) is 31.1 Å². The molecule has 2 aromatic carbocycles. The average Bonchev–Trinajstić information content (AvgIpc) is 2.73. The molecule has 0 aliphatic carbocycles. The topological polar surface area (TPSA) is 54.0 Å². The van der Waals surface area contributed by atoms with Crippen LogP contribution < -0.4 is 9.47 Å². The molecule has 1 unspecified atom stereocenters. The number of carbonyl (C=O) groups excluding carboxylic acids is 1. The van der Waals surface area contributed by atoms with Crippen LogP contribution in [0.3, 0.4) is 0 Å². The predicted octanol–water partition coefficient (Wildman–Crippen LogP) is 5.57. The molecule has 3 rings (SSSR count). The fraction of sp³-hybridized carbons (Fsp3) is 0.318. The Hall–Kier alpha value is -3.21. The quantitative estimate of drug-likeness (QED) is 0.386. The lowest BCUT2D eigenvalue weighted by Crippen LogP contribution is -2.54.